The zero-order valence-corrected chi connectivity index (χ0v) is 12.2. The van der Waals surface area contributed by atoms with E-state index in [0.29, 0.717) is 19.0 Å². The Labute approximate surface area is 114 Å². The van der Waals surface area contributed by atoms with Gasteiger partial charge in [-0.15, -0.1) is 0 Å². The molecule has 0 amide bonds. The van der Waals surface area contributed by atoms with Gasteiger partial charge >= 0.3 is 0 Å². The highest BCUT2D eigenvalue weighted by atomic mass is 16.5. The Bertz CT molecular complexity index is 476. The number of nitrogens with two attached hydrogens (primary N) is 1. The Morgan fingerprint density at radius 2 is 2.26 bits per heavy atom. The van der Waals surface area contributed by atoms with Crippen molar-refractivity contribution in [2.24, 2.45) is 17.8 Å². The average molecular weight is 265 g/mol. The van der Waals surface area contributed by atoms with Crippen LogP contribution in [0.25, 0.3) is 0 Å². The largest absolute Gasteiger partial charge is 0.481 e. The molecule has 0 aliphatic carbocycles. The number of aliphatic imine (C=N–C) groups is 1. The number of hydrogen-bond acceptors (Lipinski definition) is 3. The molecule has 6 heteroatoms. The molecule has 106 valence electrons. The summed E-state index contributed by atoms with van der Waals surface area (Å²) in [4.78, 5) is 4.31. The molecular formula is C13H23N5O. The van der Waals surface area contributed by atoms with Gasteiger partial charge in [0.2, 0.25) is 5.88 Å². The number of aromatic nitrogens is 2. The fraction of sp³-hybridized carbons (Fsp3) is 0.538. The molecule has 0 saturated carbocycles. The lowest BCUT2D eigenvalue weighted by Gasteiger charge is -2.06. The normalized spacial score (nSPS) is 11.5. The van der Waals surface area contributed by atoms with E-state index in [1.54, 1.807) is 11.8 Å². The Morgan fingerprint density at radius 1 is 1.58 bits per heavy atom. The monoisotopic (exact) mass is 265 g/mol. The van der Waals surface area contributed by atoms with E-state index in [0.717, 1.165) is 29.1 Å². The van der Waals surface area contributed by atoms with Crippen molar-refractivity contribution in [3.63, 3.8) is 0 Å². The first-order valence-corrected chi connectivity index (χ1v) is 6.26. The second-order valence-electron chi connectivity index (χ2n) is 4.42. The van der Waals surface area contributed by atoms with Crippen molar-refractivity contribution in [2.45, 2.75) is 26.8 Å². The highest BCUT2D eigenvalue weighted by Gasteiger charge is 2.14. The Hall–Kier alpha value is -1.98. The van der Waals surface area contributed by atoms with Gasteiger partial charge < -0.3 is 15.8 Å². The molecule has 0 aliphatic heterocycles. The van der Waals surface area contributed by atoms with Gasteiger partial charge in [-0.2, -0.15) is 5.10 Å². The number of hydrogen-bond donors (Lipinski definition) is 2. The SMILES string of the molecule is C=C(C)CNC(N)=NCc1c(CC)nn(C)c1OC. The number of nitrogens with zero attached hydrogens (tertiary/aromatic N) is 3. The maximum absolute atomic E-state index is 5.79. The van der Waals surface area contributed by atoms with Crippen LogP contribution in [0.1, 0.15) is 25.1 Å². The topological polar surface area (TPSA) is 77.5 Å². The van der Waals surface area contributed by atoms with Crippen LogP contribution in [-0.2, 0) is 20.0 Å². The van der Waals surface area contributed by atoms with Crippen molar-refractivity contribution in [3.8, 4) is 5.88 Å². The number of rotatable bonds is 6. The molecule has 0 atom stereocenters. The van der Waals surface area contributed by atoms with Gasteiger partial charge in [0.05, 0.1) is 24.9 Å². The molecule has 0 spiro atoms. The van der Waals surface area contributed by atoms with Crippen molar-refractivity contribution in [1.82, 2.24) is 15.1 Å². The van der Waals surface area contributed by atoms with E-state index in [1.165, 1.54) is 0 Å². The minimum absolute atomic E-state index is 0.399. The zero-order valence-electron chi connectivity index (χ0n) is 12.2. The van der Waals surface area contributed by atoms with E-state index < -0.39 is 0 Å². The second kappa shape index (κ2) is 6.82. The zero-order chi connectivity index (χ0) is 14.4. The van der Waals surface area contributed by atoms with E-state index in [2.05, 4.69) is 28.9 Å². The molecule has 0 radical (unpaired) electrons. The predicted molar refractivity (Wildman–Crippen MR) is 77.3 cm³/mol. The summed E-state index contributed by atoms with van der Waals surface area (Å²) in [5, 5.41) is 7.39. The molecule has 0 fully saturated rings. The summed E-state index contributed by atoms with van der Waals surface area (Å²) < 4.78 is 7.07. The third-order valence-electron chi connectivity index (χ3n) is 2.68. The number of aryl methyl sites for hydroxylation is 2. The minimum Gasteiger partial charge on any atom is -0.481 e. The molecule has 0 saturated heterocycles. The maximum Gasteiger partial charge on any atom is 0.216 e. The summed E-state index contributed by atoms with van der Waals surface area (Å²) in [6, 6.07) is 0. The summed E-state index contributed by atoms with van der Waals surface area (Å²) in [5.74, 6) is 1.13. The molecule has 6 nitrogen and oxygen atoms in total. The molecule has 0 bridgehead atoms. The summed E-state index contributed by atoms with van der Waals surface area (Å²) in [5.41, 5.74) is 8.76. The number of methoxy groups -OCH3 is 1. The lowest BCUT2D eigenvalue weighted by molar-refractivity contribution is 0.369. The van der Waals surface area contributed by atoms with Crippen molar-refractivity contribution < 1.29 is 4.74 Å². The van der Waals surface area contributed by atoms with E-state index >= 15 is 0 Å². The third kappa shape index (κ3) is 4.01. The van der Waals surface area contributed by atoms with Crippen LogP contribution in [0, 0.1) is 0 Å². The predicted octanol–water partition coefficient (Wildman–Crippen LogP) is 0.971. The Kier molecular flexibility index (Phi) is 5.41. The first-order valence-electron chi connectivity index (χ1n) is 6.26. The van der Waals surface area contributed by atoms with Crippen LogP contribution in [0.4, 0.5) is 0 Å². The van der Waals surface area contributed by atoms with Gasteiger partial charge in [0.1, 0.15) is 0 Å². The Morgan fingerprint density at radius 3 is 2.79 bits per heavy atom. The molecule has 0 unspecified atom stereocenters. The fourth-order valence-electron chi connectivity index (χ4n) is 1.77. The van der Waals surface area contributed by atoms with Gasteiger partial charge in [-0.25, -0.2) is 9.67 Å². The molecule has 1 aromatic heterocycles. The third-order valence-corrected chi connectivity index (χ3v) is 2.68. The van der Waals surface area contributed by atoms with Crippen molar-refractivity contribution in [1.29, 1.82) is 0 Å². The summed E-state index contributed by atoms with van der Waals surface area (Å²) in [6.45, 7) is 8.86. The van der Waals surface area contributed by atoms with Gasteiger partial charge in [0.25, 0.3) is 0 Å². The Balaban J connectivity index is 2.81. The van der Waals surface area contributed by atoms with Crippen molar-refractivity contribution in [2.75, 3.05) is 13.7 Å². The first-order chi connectivity index (χ1) is 8.99. The van der Waals surface area contributed by atoms with Crippen LogP contribution >= 0.6 is 0 Å². The molecule has 0 aromatic carbocycles. The molecule has 0 aliphatic rings. The van der Waals surface area contributed by atoms with Crippen LogP contribution in [0.15, 0.2) is 17.1 Å². The van der Waals surface area contributed by atoms with Crippen LogP contribution in [0.3, 0.4) is 0 Å². The molecule has 1 rings (SSSR count). The summed E-state index contributed by atoms with van der Waals surface area (Å²) >= 11 is 0. The van der Waals surface area contributed by atoms with Crippen molar-refractivity contribution in [3.05, 3.63) is 23.4 Å². The van der Waals surface area contributed by atoms with Crippen LogP contribution in [0.2, 0.25) is 0 Å². The first kappa shape index (κ1) is 15.1. The van der Waals surface area contributed by atoms with Gasteiger partial charge in [0, 0.05) is 13.6 Å². The molecular weight excluding hydrogens is 242 g/mol. The van der Waals surface area contributed by atoms with E-state index in [9.17, 15) is 0 Å². The quantitative estimate of drug-likeness (QED) is 0.456. The summed E-state index contributed by atoms with van der Waals surface area (Å²) in [6.07, 6.45) is 0.834. The lowest BCUT2D eigenvalue weighted by atomic mass is 10.2. The second-order valence-corrected chi connectivity index (χ2v) is 4.42. The molecule has 1 heterocycles. The number of ether oxygens (including phenoxy) is 1. The average Bonchev–Trinajstić information content (AvgIpc) is 2.69. The molecule has 19 heavy (non-hydrogen) atoms. The van der Waals surface area contributed by atoms with E-state index in [1.807, 2.05) is 14.0 Å². The van der Waals surface area contributed by atoms with Gasteiger partial charge in [-0.3, -0.25) is 0 Å². The van der Waals surface area contributed by atoms with Crippen LogP contribution in [-0.4, -0.2) is 29.4 Å². The standard InChI is InChI=1S/C13H23N5O/c1-6-11-10(12(19-5)18(4)17-11)8-16-13(14)15-7-9(2)3/h2,6-8H2,1,3-5H3,(H3,14,15,16). The van der Waals surface area contributed by atoms with Gasteiger partial charge in [-0.1, -0.05) is 19.1 Å². The smallest absolute Gasteiger partial charge is 0.216 e. The van der Waals surface area contributed by atoms with Gasteiger partial charge in [0.15, 0.2) is 5.96 Å². The highest BCUT2D eigenvalue weighted by molar-refractivity contribution is 5.78. The van der Waals surface area contributed by atoms with Gasteiger partial charge in [-0.05, 0) is 13.3 Å². The number of guanidine groups is 1. The molecule has 3 N–H and O–H groups in total. The van der Waals surface area contributed by atoms with Crippen LogP contribution in [0.5, 0.6) is 5.88 Å². The lowest BCUT2D eigenvalue weighted by Crippen LogP contribution is -2.32. The highest BCUT2D eigenvalue weighted by Crippen LogP contribution is 2.22. The molecule has 1 aromatic rings. The van der Waals surface area contributed by atoms with E-state index in [-0.39, 0.29) is 0 Å². The maximum atomic E-state index is 5.79. The van der Waals surface area contributed by atoms with Crippen molar-refractivity contribution >= 4 is 5.96 Å². The minimum atomic E-state index is 0.399. The fourth-order valence-corrected chi connectivity index (χ4v) is 1.77. The van der Waals surface area contributed by atoms with Crippen LogP contribution < -0.4 is 15.8 Å². The van der Waals surface area contributed by atoms with E-state index in [4.69, 9.17) is 10.5 Å². The number of nitrogens with one attached hydrogen (secondary N) is 1. The summed E-state index contributed by atoms with van der Waals surface area (Å²) in [7, 11) is 3.49.